The molecule has 1 saturated heterocycles. The second-order valence-corrected chi connectivity index (χ2v) is 5.95. The van der Waals surface area contributed by atoms with Crippen LogP contribution in [0.25, 0.3) is 0 Å². The summed E-state index contributed by atoms with van der Waals surface area (Å²) in [5.74, 6) is 0. The smallest absolute Gasteiger partial charge is 0.0471 e. The van der Waals surface area contributed by atoms with Crippen molar-refractivity contribution in [1.29, 1.82) is 0 Å². The van der Waals surface area contributed by atoms with Gasteiger partial charge in [0.2, 0.25) is 0 Å². The lowest BCUT2D eigenvalue weighted by molar-refractivity contribution is 0.116. The van der Waals surface area contributed by atoms with Crippen LogP contribution in [0.5, 0.6) is 0 Å². The summed E-state index contributed by atoms with van der Waals surface area (Å²) in [6, 6.07) is 4.76. The monoisotopic (exact) mass is 262 g/mol. The predicted molar refractivity (Wildman–Crippen MR) is 78.8 cm³/mol. The third-order valence-corrected chi connectivity index (χ3v) is 4.45. The Morgan fingerprint density at radius 2 is 2.11 bits per heavy atom. The quantitative estimate of drug-likeness (QED) is 0.869. The van der Waals surface area contributed by atoms with Crippen molar-refractivity contribution >= 4 is 0 Å². The molecule has 0 aromatic carbocycles. The molecule has 1 aromatic heterocycles. The lowest BCUT2D eigenvalue weighted by atomic mass is 9.96. The highest BCUT2D eigenvalue weighted by molar-refractivity contribution is 5.11. The van der Waals surface area contributed by atoms with E-state index in [4.69, 9.17) is 5.73 Å². The number of hydrogen-bond acceptors (Lipinski definition) is 4. The number of pyridine rings is 1. The molecular formula is C15H26N4. The molecule has 0 saturated carbocycles. The van der Waals surface area contributed by atoms with Crippen molar-refractivity contribution in [3.63, 3.8) is 0 Å². The number of rotatable bonds is 5. The molecule has 1 unspecified atom stereocenters. The van der Waals surface area contributed by atoms with Gasteiger partial charge in [-0.3, -0.25) is 14.8 Å². The van der Waals surface area contributed by atoms with Gasteiger partial charge in [0, 0.05) is 50.2 Å². The molecule has 0 bridgehead atoms. The highest BCUT2D eigenvalue weighted by Gasteiger charge is 2.40. The molecule has 2 heterocycles. The average Bonchev–Trinajstić information content (AvgIpc) is 2.86. The third-order valence-electron chi connectivity index (χ3n) is 4.45. The summed E-state index contributed by atoms with van der Waals surface area (Å²) in [7, 11) is 2.19. The fourth-order valence-corrected chi connectivity index (χ4v) is 2.89. The Morgan fingerprint density at radius 1 is 1.42 bits per heavy atom. The molecule has 0 aliphatic carbocycles. The number of nitrogens with two attached hydrogens (primary N) is 1. The molecule has 1 aliphatic rings. The topological polar surface area (TPSA) is 45.4 Å². The summed E-state index contributed by atoms with van der Waals surface area (Å²) in [6.07, 6.45) is 4.87. The molecule has 0 spiro atoms. The van der Waals surface area contributed by atoms with Crippen LogP contribution in [0.1, 0.15) is 25.8 Å². The summed E-state index contributed by atoms with van der Waals surface area (Å²) in [5, 5.41) is 0. The summed E-state index contributed by atoms with van der Waals surface area (Å²) in [6.45, 7) is 8.40. The molecule has 4 heteroatoms. The van der Waals surface area contributed by atoms with Gasteiger partial charge in [-0.1, -0.05) is 0 Å². The van der Waals surface area contributed by atoms with Crippen molar-refractivity contribution in [3.8, 4) is 0 Å². The van der Waals surface area contributed by atoms with E-state index < -0.39 is 0 Å². The minimum atomic E-state index is 0.119. The predicted octanol–water partition coefficient (Wildman–Crippen LogP) is 1.33. The molecule has 1 fully saturated rings. The number of aromatic nitrogens is 1. The van der Waals surface area contributed by atoms with Gasteiger partial charge < -0.3 is 5.73 Å². The number of hydrogen-bond donors (Lipinski definition) is 1. The largest absolute Gasteiger partial charge is 0.329 e. The molecule has 4 nitrogen and oxygen atoms in total. The van der Waals surface area contributed by atoms with Crippen LogP contribution < -0.4 is 5.73 Å². The highest BCUT2D eigenvalue weighted by atomic mass is 15.3. The molecule has 19 heavy (non-hydrogen) atoms. The van der Waals surface area contributed by atoms with E-state index in [9.17, 15) is 0 Å². The number of likely N-dealkylation sites (N-methyl/N-ethyl adjacent to an activating group) is 1. The van der Waals surface area contributed by atoms with Gasteiger partial charge >= 0.3 is 0 Å². The Morgan fingerprint density at radius 3 is 2.63 bits per heavy atom. The first-order valence-electron chi connectivity index (χ1n) is 7.12. The maximum Gasteiger partial charge on any atom is 0.0471 e. The molecule has 1 aromatic rings. The second-order valence-electron chi connectivity index (χ2n) is 5.95. The summed E-state index contributed by atoms with van der Waals surface area (Å²) < 4.78 is 0. The van der Waals surface area contributed by atoms with Gasteiger partial charge in [-0.25, -0.2) is 0 Å². The van der Waals surface area contributed by atoms with Crippen molar-refractivity contribution in [2.24, 2.45) is 5.73 Å². The normalized spacial score (nSPS) is 24.5. The first-order valence-corrected chi connectivity index (χ1v) is 7.12. The zero-order valence-corrected chi connectivity index (χ0v) is 12.3. The van der Waals surface area contributed by atoms with Crippen molar-refractivity contribution in [1.82, 2.24) is 14.8 Å². The summed E-state index contributed by atoms with van der Waals surface area (Å²) >= 11 is 0. The van der Waals surface area contributed by atoms with Crippen molar-refractivity contribution < 1.29 is 0 Å². The standard InChI is InChI=1S/C15H26N4/c1-13(2)19-9-6-15(11-16,12-19)18(3)10-14-4-7-17-8-5-14/h4-5,7-8,13H,6,9-12,16H2,1-3H3. The first kappa shape index (κ1) is 14.4. The zero-order valence-electron chi connectivity index (χ0n) is 12.3. The van der Waals surface area contributed by atoms with E-state index in [1.54, 1.807) is 0 Å². The van der Waals surface area contributed by atoms with Gasteiger partial charge in [0.1, 0.15) is 0 Å². The van der Waals surface area contributed by atoms with Crippen LogP contribution in [0.3, 0.4) is 0 Å². The van der Waals surface area contributed by atoms with Crippen molar-refractivity contribution in [2.45, 2.75) is 38.4 Å². The van der Waals surface area contributed by atoms with Crippen LogP contribution in [0.15, 0.2) is 24.5 Å². The molecule has 2 rings (SSSR count). The lowest BCUT2D eigenvalue weighted by Crippen LogP contribution is -2.54. The van der Waals surface area contributed by atoms with E-state index in [1.807, 2.05) is 12.4 Å². The number of nitrogens with zero attached hydrogens (tertiary/aromatic N) is 3. The third kappa shape index (κ3) is 3.14. The fourth-order valence-electron chi connectivity index (χ4n) is 2.89. The van der Waals surface area contributed by atoms with E-state index in [-0.39, 0.29) is 5.54 Å². The van der Waals surface area contributed by atoms with Gasteiger partial charge in [0.15, 0.2) is 0 Å². The van der Waals surface area contributed by atoms with Crippen LogP contribution >= 0.6 is 0 Å². The zero-order chi connectivity index (χ0) is 13.9. The molecule has 1 atom stereocenters. The highest BCUT2D eigenvalue weighted by Crippen LogP contribution is 2.28. The van der Waals surface area contributed by atoms with Gasteiger partial charge in [-0.2, -0.15) is 0 Å². The molecule has 106 valence electrons. The maximum atomic E-state index is 6.11. The first-order chi connectivity index (χ1) is 9.07. The van der Waals surface area contributed by atoms with E-state index in [1.165, 1.54) is 5.56 Å². The minimum Gasteiger partial charge on any atom is -0.329 e. The van der Waals surface area contributed by atoms with Gasteiger partial charge in [-0.05, 0) is 45.0 Å². The van der Waals surface area contributed by atoms with Crippen LogP contribution in [-0.4, -0.2) is 53.0 Å². The van der Waals surface area contributed by atoms with Crippen LogP contribution in [0.4, 0.5) is 0 Å². The second kappa shape index (κ2) is 5.99. The lowest BCUT2D eigenvalue weighted by Gasteiger charge is -2.38. The average molecular weight is 262 g/mol. The van der Waals surface area contributed by atoms with Gasteiger partial charge in [0.25, 0.3) is 0 Å². The van der Waals surface area contributed by atoms with Gasteiger partial charge in [0.05, 0.1) is 0 Å². The van der Waals surface area contributed by atoms with Crippen LogP contribution in [-0.2, 0) is 6.54 Å². The van der Waals surface area contributed by atoms with E-state index in [2.05, 4.69) is 47.8 Å². The van der Waals surface area contributed by atoms with Crippen LogP contribution in [0.2, 0.25) is 0 Å². The van der Waals surface area contributed by atoms with E-state index in [0.717, 1.165) is 32.6 Å². The molecule has 2 N–H and O–H groups in total. The Balaban J connectivity index is 2.05. The molecule has 0 radical (unpaired) electrons. The Bertz CT molecular complexity index is 392. The maximum absolute atomic E-state index is 6.11. The Hall–Kier alpha value is -0.970. The molecular weight excluding hydrogens is 236 g/mol. The summed E-state index contributed by atoms with van der Waals surface area (Å²) in [4.78, 5) is 9.02. The minimum absolute atomic E-state index is 0.119. The molecule has 1 aliphatic heterocycles. The molecule has 0 amide bonds. The van der Waals surface area contributed by atoms with Gasteiger partial charge in [-0.15, -0.1) is 0 Å². The van der Waals surface area contributed by atoms with Crippen molar-refractivity contribution in [3.05, 3.63) is 30.1 Å². The Labute approximate surface area is 116 Å². The van der Waals surface area contributed by atoms with Crippen LogP contribution in [0, 0.1) is 0 Å². The van der Waals surface area contributed by atoms with E-state index in [0.29, 0.717) is 6.04 Å². The fraction of sp³-hybridized carbons (Fsp3) is 0.667. The Kier molecular flexibility index (Phi) is 4.55. The van der Waals surface area contributed by atoms with E-state index >= 15 is 0 Å². The summed E-state index contributed by atoms with van der Waals surface area (Å²) in [5.41, 5.74) is 7.52. The number of likely N-dealkylation sites (tertiary alicyclic amines) is 1. The SMILES string of the molecule is CC(C)N1CCC(CN)(N(C)Cc2ccncc2)C1. The van der Waals surface area contributed by atoms with Crippen molar-refractivity contribution in [2.75, 3.05) is 26.7 Å².